The molecule has 2 aromatic heterocycles. The third-order valence-corrected chi connectivity index (χ3v) is 3.93. The summed E-state index contributed by atoms with van der Waals surface area (Å²) in [6, 6.07) is 7.64. The SMILES string of the molecule is Cc1nc(N)nc(C)c1CC(=O)NCc1cc(-c2ccc(F)cc2)no1. The monoisotopic (exact) mass is 355 g/mol. The van der Waals surface area contributed by atoms with Gasteiger partial charge < -0.3 is 15.6 Å². The van der Waals surface area contributed by atoms with Crippen molar-refractivity contribution in [1.82, 2.24) is 20.4 Å². The van der Waals surface area contributed by atoms with E-state index in [1.165, 1.54) is 12.1 Å². The van der Waals surface area contributed by atoms with Crippen LogP contribution in [0.25, 0.3) is 11.3 Å². The van der Waals surface area contributed by atoms with Crippen molar-refractivity contribution in [3.8, 4) is 11.3 Å². The molecule has 0 radical (unpaired) electrons. The molecule has 3 rings (SSSR count). The molecule has 0 unspecified atom stereocenters. The molecule has 3 N–H and O–H groups in total. The Labute approximate surface area is 149 Å². The number of benzene rings is 1. The van der Waals surface area contributed by atoms with Gasteiger partial charge in [-0.15, -0.1) is 0 Å². The van der Waals surface area contributed by atoms with E-state index in [1.807, 2.05) is 0 Å². The molecule has 0 saturated carbocycles. The molecule has 0 bridgehead atoms. The number of carbonyl (C=O) groups is 1. The van der Waals surface area contributed by atoms with E-state index in [2.05, 4.69) is 20.4 Å². The Balaban J connectivity index is 1.61. The average molecular weight is 355 g/mol. The van der Waals surface area contributed by atoms with Crippen LogP contribution in [-0.2, 0) is 17.8 Å². The van der Waals surface area contributed by atoms with E-state index in [4.69, 9.17) is 10.3 Å². The van der Waals surface area contributed by atoms with Crippen molar-refractivity contribution >= 4 is 11.9 Å². The highest BCUT2D eigenvalue weighted by atomic mass is 19.1. The molecule has 3 aromatic rings. The first-order chi connectivity index (χ1) is 12.4. The molecule has 0 saturated heterocycles. The Kier molecular flexibility index (Phi) is 4.92. The molecule has 134 valence electrons. The van der Waals surface area contributed by atoms with Crippen LogP contribution < -0.4 is 11.1 Å². The minimum Gasteiger partial charge on any atom is -0.368 e. The van der Waals surface area contributed by atoms with Gasteiger partial charge in [-0.25, -0.2) is 14.4 Å². The van der Waals surface area contributed by atoms with Gasteiger partial charge in [0.1, 0.15) is 11.5 Å². The molecule has 0 spiro atoms. The molecule has 0 aliphatic rings. The second-order valence-corrected chi connectivity index (χ2v) is 5.87. The number of halogens is 1. The molecule has 0 fully saturated rings. The average Bonchev–Trinajstić information content (AvgIpc) is 3.06. The summed E-state index contributed by atoms with van der Waals surface area (Å²) in [5.74, 6) is 0.185. The molecule has 1 amide bonds. The maximum atomic E-state index is 13.0. The van der Waals surface area contributed by atoms with Crippen LogP contribution in [0.3, 0.4) is 0 Å². The summed E-state index contributed by atoms with van der Waals surface area (Å²) in [6.45, 7) is 3.78. The lowest BCUT2D eigenvalue weighted by Crippen LogP contribution is -2.25. The molecular weight excluding hydrogens is 337 g/mol. The van der Waals surface area contributed by atoms with Crippen molar-refractivity contribution in [2.75, 3.05) is 5.73 Å². The molecule has 8 heteroatoms. The lowest BCUT2D eigenvalue weighted by atomic mass is 10.1. The third kappa shape index (κ3) is 4.02. The predicted octanol–water partition coefficient (Wildman–Crippen LogP) is 2.33. The van der Waals surface area contributed by atoms with E-state index >= 15 is 0 Å². The summed E-state index contributed by atoms with van der Waals surface area (Å²) in [6.07, 6.45) is 0.150. The van der Waals surface area contributed by atoms with Crippen LogP contribution in [-0.4, -0.2) is 21.0 Å². The van der Waals surface area contributed by atoms with E-state index in [0.29, 0.717) is 22.8 Å². The van der Waals surface area contributed by atoms with E-state index in [0.717, 1.165) is 11.1 Å². The molecule has 0 aliphatic carbocycles. The lowest BCUT2D eigenvalue weighted by molar-refractivity contribution is -0.120. The van der Waals surface area contributed by atoms with Crippen LogP contribution in [0.15, 0.2) is 34.9 Å². The van der Waals surface area contributed by atoms with E-state index in [1.54, 1.807) is 32.0 Å². The van der Waals surface area contributed by atoms with E-state index in [9.17, 15) is 9.18 Å². The van der Waals surface area contributed by atoms with Crippen LogP contribution in [0.1, 0.15) is 22.7 Å². The van der Waals surface area contributed by atoms with Crippen molar-refractivity contribution in [3.05, 3.63) is 58.9 Å². The molecule has 0 aliphatic heterocycles. The highest BCUT2D eigenvalue weighted by Gasteiger charge is 2.13. The van der Waals surface area contributed by atoms with E-state index in [-0.39, 0.29) is 30.6 Å². The van der Waals surface area contributed by atoms with Crippen LogP contribution in [0.4, 0.5) is 10.3 Å². The first kappa shape index (κ1) is 17.5. The fourth-order valence-electron chi connectivity index (χ4n) is 2.58. The van der Waals surface area contributed by atoms with Crippen molar-refractivity contribution in [2.45, 2.75) is 26.8 Å². The van der Waals surface area contributed by atoms with Gasteiger partial charge in [0, 0.05) is 28.6 Å². The number of hydrogen-bond acceptors (Lipinski definition) is 6. The minimum absolute atomic E-state index is 0.150. The zero-order chi connectivity index (χ0) is 18.7. The smallest absolute Gasteiger partial charge is 0.224 e. The molecule has 26 heavy (non-hydrogen) atoms. The Bertz CT molecular complexity index is 914. The summed E-state index contributed by atoms with van der Waals surface area (Å²) in [5, 5.41) is 6.70. The lowest BCUT2D eigenvalue weighted by Gasteiger charge is -2.09. The van der Waals surface area contributed by atoms with Crippen molar-refractivity contribution < 1.29 is 13.7 Å². The van der Waals surface area contributed by atoms with Crippen molar-refractivity contribution in [1.29, 1.82) is 0 Å². The molecule has 2 heterocycles. The summed E-state index contributed by atoms with van der Waals surface area (Å²) in [7, 11) is 0. The van der Waals surface area contributed by atoms with E-state index < -0.39 is 0 Å². The van der Waals surface area contributed by atoms with Gasteiger partial charge in [-0.2, -0.15) is 0 Å². The van der Waals surface area contributed by atoms with Gasteiger partial charge in [0.25, 0.3) is 0 Å². The van der Waals surface area contributed by atoms with Crippen LogP contribution >= 0.6 is 0 Å². The van der Waals surface area contributed by atoms with Crippen LogP contribution in [0.5, 0.6) is 0 Å². The number of amides is 1. The number of carbonyl (C=O) groups excluding carboxylic acids is 1. The Hall–Kier alpha value is -3.29. The van der Waals surface area contributed by atoms with Gasteiger partial charge in [0.15, 0.2) is 5.76 Å². The number of nitrogens with zero attached hydrogens (tertiary/aromatic N) is 3. The number of nitrogen functional groups attached to an aromatic ring is 1. The maximum Gasteiger partial charge on any atom is 0.224 e. The second-order valence-electron chi connectivity index (χ2n) is 5.87. The van der Waals surface area contributed by atoms with Gasteiger partial charge in [0.2, 0.25) is 11.9 Å². The van der Waals surface area contributed by atoms with Gasteiger partial charge in [-0.3, -0.25) is 4.79 Å². The normalized spacial score (nSPS) is 10.7. The zero-order valence-electron chi connectivity index (χ0n) is 14.4. The first-order valence-electron chi connectivity index (χ1n) is 8.00. The standard InChI is InChI=1S/C18H18FN5O2/c1-10-15(11(2)23-18(20)22-10)8-17(25)21-9-14-7-16(24-26-14)12-3-5-13(19)6-4-12/h3-7H,8-9H2,1-2H3,(H,21,25)(H2,20,22,23). The van der Waals surface area contributed by atoms with Crippen molar-refractivity contribution in [3.63, 3.8) is 0 Å². The Morgan fingerprint density at radius 1 is 1.19 bits per heavy atom. The minimum atomic E-state index is -0.318. The number of rotatable bonds is 5. The van der Waals surface area contributed by atoms with Crippen LogP contribution in [0, 0.1) is 19.7 Å². The highest BCUT2D eigenvalue weighted by molar-refractivity contribution is 5.79. The van der Waals surface area contributed by atoms with Gasteiger partial charge in [-0.1, -0.05) is 5.16 Å². The van der Waals surface area contributed by atoms with Gasteiger partial charge >= 0.3 is 0 Å². The third-order valence-electron chi connectivity index (χ3n) is 3.93. The Morgan fingerprint density at radius 3 is 2.50 bits per heavy atom. The molecule has 0 atom stereocenters. The summed E-state index contributed by atoms with van der Waals surface area (Å²) in [4.78, 5) is 20.3. The summed E-state index contributed by atoms with van der Waals surface area (Å²) >= 11 is 0. The quantitative estimate of drug-likeness (QED) is 0.727. The number of nitrogens with one attached hydrogen (secondary N) is 1. The second kappa shape index (κ2) is 7.30. The summed E-state index contributed by atoms with van der Waals surface area (Å²) in [5.41, 5.74) is 9.02. The number of nitrogens with two attached hydrogens (primary N) is 1. The number of aryl methyl sites for hydroxylation is 2. The maximum absolute atomic E-state index is 13.0. The highest BCUT2D eigenvalue weighted by Crippen LogP contribution is 2.19. The largest absolute Gasteiger partial charge is 0.368 e. The number of anilines is 1. The predicted molar refractivity (Wildman–Crippen MR) is 93.4 cm³/mol. The fraction of sp³-hybridized carbons (Fsp3) is 0.222. The van der Waals surface area contributed by atoms with Crippen molar-refractivity contribution in [2.24, 2.45) is 0 Å². The molecular formula is C18H18FN5O2. The molecule has 7 nitrogen and oxygen atoms in total. The Morgan fingerprint density at radius 2 is 1.85 bits per heavy atom. The molecule has 1 aromatic carbocycles. The summed E-state index contributed by atoms with van der Waals surface area (Å²) < 4.78 is 18.2. The van der Waals surface area contributed by atoms with Crippen LogP contribution in [0.2, 0.25) is 0 Å². The topological polar surface area (TPSA) is 107 Å². The van der Waals surface area contributed by atoms with Gasteiger partial charge in [-0.05, 0) is 38.1 Å². The zero-order valence-corrected chi connectivity index (χ0v) is 14.4. The van der Waals surface area contributed by atoms with Gasteiger partial charge in [0.05, 0.1) is 13.0 Å². The first-order valence-corrected chi connectivity index (χ1v) is 8.00. The fourth-order valence-corrected chi connectivity index (χ4v) is 2.58. The number of aromatic nitrogens is 3. The number of hydrogen-bond donors (Lipinski definition) is 2.